The molecule has 1 aromatic heterocycles. The minimum Gasteiger partial charge on any atom is -0.208 e. The number of aryl methyl sites for hydroxylation is 1. The van der Waals surface area contributed by atoms with E-state index in [1.54, 1.807) is 18.3 Å². The molecule has 1 heterocycles. The third-order valence-electron chi connectivity index (χ3n) is 3.11. The number of hydrogen-bond donors (Lipinski definition) is 1. The largest absolute Gasteiger partial charge is 0.240 e. The number of sulfonamides is 1. The molecule has 6 heteroatoms. The van der Waals surface area contributed by atoms with Crippen molar-refractivity contribution in [1.82, 2.24) is 4.72 Å². The van der Waals surface area contributed by atoms with E-state index in [-0.39, 0.29) is 10.9 Å². The molecule has 0 saturated carbocycles. The van der Waals surface area contributed by atoms with Crippen LogP contribution in [0.3, 0.4) is 0 Å². The lowest BCUT2D eigenvalue weighted by Crippen LogP contribution is -2.34. The summed E-state index contributed by atoms with van der Waals surface area (Å²) in [6, 6.07) is 8.35. The summed E-state index contributed by atoms with van der Waals surface area (Å²) < 4.78 is 27.3. The molecular formula is C15H16N2O2S2. The average Bonchev–Trinajstić information content (AvgIpc) is 2.90. The molecule has 0 aliphatic carbocycles. The van der Waals surface area contributed by atoms with Gasteiger partial charge in [0, 0.05) is 6.04 Å². The fourth-order valence-corrected chi connectivity index (χ4v) is 4.08. The van der Waals surface area contributed by atoms with Gasteiger partial charge in [0.25, 0.3) is 0 Å². The van der Waals surface area contributed by atoms with Crippen LogP contribution in [0.15, 0.2) is 39.9 Å². The minimum atomic E-state index is -3.57. The molecular weight excluding hydrogens is 304 g/mol. The van der Waals surface area contributed by atoms with E-state index in [1.807, 2.05) is 29.8 Å². The van der Waals surface area contributed by atoms with Crippen molar-refractivity contribution in [3.8, 4) is 6.07 Å². The normalized spacial score (nSPS) is 12.8. The smallest absolute Gasteiger partial charge is 0.208 e. The molecule has 0 aliphatic rings. The maximum Gasteiger partial charge on any atom is 0.240 e. The van der Waals surface area contributed by atoms with Gasteiger partial charge in [0.15, 0.2) is 0 Å². The molecule has 0 spiro atoms. The lowest BCUT2D eigenvalue weighted by molar-refractivity contribution is 0.560. The lowest BCUT2D eigenvalue weighted by atomic mass is 10.1. The van der Waals surface area contributed by atoms with Gasteiger partial charge in [-0.15, -0.1) is 0 Å². The molecule has 0 bridgehead atoms. The van der Waals surface area contributed by atoms with Crippen LogP contribution in [0.2, 0.25) is 0 Å². The van der Waals surface area contributed by atoms with E-state index in [9.17, 15) is 8.42 Å². The Hall–Kier alpha value is -1.68. The monoisotopic (exact) mass is 320 g/mol. The van der Waals surface area contributed by atoms with Crippen LogP contribution in [0.1, 0.15) is 23.6 Å². The van der Waals surface area contributed by atoms with Gasteiger partial charge in [-0.3, -0.25) is 0 Å². The molecule has 2 rings (SSSR count). The van der Waals surface area contributed by atoms with Crippen molar-refractivity contribution >= 4 is 21.4 Å². The molecule has 1 unspecified atom stereocenters. The van der Waals surface area contributed by atoms with Gasteiger partial charge >= 0.3 is 0 Å². The number of benzene rings is 1. The second-order valence-electron chi connectivity index (χ2n) is 4.95. The van der Waals surface area contributed by atoms with Crippen molar-refractivity contribution in [2.24, 2.45) is 0 Å². The molecule has 2 aromatic rings. The molecule has 0 radical (unpaired) electrons. The van der Waals surface area contributed by atoms with E-state index < -0.39 is 10.0 Å². The Kier molecular flexibility index (Phi) is 4.78. The first kappa shape index (κ1) is 15.7. The SMILES string of the molecule is Cc1cc(S(=O)(=O)NC(C)Cc2ccsc2)ccc1C#N. The molecule has 1 N–H and O–H groups in total. The van der Waals surface area contributed by atoms with Crippen molar-refractivity contribution in [2.45, 2.75) is 31.2 Å². The quantitative estimate of drug-likeness (QED) is 0.921. The predicted molar refractivity (Wildman–Crippen MR) is 83.7 cm³/mol. The first-order chi connectivity index (χ1) is 9.92. The van der Waals surface area contributed by atoms with Crippen LogP contribution >= 0.6 is 11.3 Å². The van der Waals surface area contributed by atoms with E-state index in [4.69, 9.17) is 5.26 Å². The Morgan fingerprint density at radius 2 is 2.14 bits per heavy atom. The van der Waals surface area contributed by atoms with Crippen LogP contribution in [-0.2, 0) is 16.4 Å². The Morgan fingerprint density at radius 3 is 2.71 bits per heavy atom. The van der Waals surface area contributed by atoms with E-state index in [0.29, 0.717) is 17.5 Å². The van der Waals surface area contributed by atoms with E-state index in [2.05, 4.69) is 4.72 Å². The van der Waals surface area contributed by atoms with E-state index in [1.165, 1.54) is 18.2 Å². The van der Waals surface area contributed by atoms with Crippen LogP contribution < -0.4 is 4.72 Å². The summed E-state index contributed by atoms with van der Waals surface area (Å²) in [4.78, 5) is 0.191. The average molecular weight is 320 g/mol. The number of nitriles is 1. The summed E-state index contributed by atoms with van der Waals surface area (Å²) >= 11 is 1.59. The minimum absolute atomic E-state index is 0.191. The molecule has 4 nitrogen and oxygen atoms in total. The van der Waals surface area contributed by atoms with E-state index in [0.717, 1.165) is 5.56 Å². The zero-order chi connectivity index (χ0) is 15.5. The van der Waals surface area contributed by atoms with Gasteiger partial charge in [0.05, 0.1) is 16.5 Å². The van der Waals surface area contributed by atoms with Gasteiger partial charge in [-0.25, -0.2) is 13.1 Å². The summed E-state index contributed by atoms with van der Waals surface area (Å²) in [6.07, 6.45) is 0.651. The molecule has 21 heavy (non-hydrogen) atoms. The number of rotatable bonds is 5. The Balaban J connectivity index is 2.15. The third kappa shape index (κ3) is 3.91. The van der Waals surface area contributed by atoms with Crippen molar-refractivity contribution in [3.05, 3.63) is 51.7 Å². The van der Waals surface area contributed by atoms with Gasteiger partial charge in [-0.05, 0) is 66.4 Å². The Bertz CT molecular complexity index is 759. The lowest BCUT2D eigenvalue weighted by Gasteiger charge is -2.14. The van der Waals surface area contributed by atoms with Crippen molar-refractivity contribution < 1.29 is 8.42 Å². The second kappa shape index (κ2) is 6.39. The van der Waals surface area contributed by atoms with Gasteiger partial charge < -0.3 is 0 Å². The highest BCUT2D eigenvalue weighted by Gasteiger charge is 2.18. The standard InChI is InChI=1S/C15H16N2O2S2/c1-11-7-15(4-3-14(11)9-16)21(18,19)17-12(2)8-13-5-6-20-10-13/h3-7,10,12,17H,8H2,1-2H3. The van der Waals surface area contributed by atoms with Gasteiger partial charge in [-0.1, -0.05) is 0 Å². The highest BCUT2D eigenvalue weighted by Crippen LogP contribution is 2.16. The highest BCUT2D eigenvalue weighted by molar-refractivity contribution is 7.89. The molecule has 1 atom stereocenters. The topological polar surface area (TPSA) is 70.0 Å². The summed E-state index contributed by atoms with van der Waals surface area (Å²) in [7, 11) is -3.57. The number of thiophene rings is 1. The second-order valence-corrected chi connectivity index (χ2v) is 7.44. The van der Waals surface area contributed by atoms with Gasteiger partial charge in [0.1, 0.15) is 0 Å². The summed E-state index contributed by atoms with van der Waals surface area (Å²) in [6.45, 7) is 3.57. The molecule has 0 saturated heterocycles. The Labute approximate surface area is 129 Å². The van der Waals surface area contributed by atoms with Crippen LogP contribution in [0.25, 0.3) is 0 Å². The van der Waals surface area contributed by atoms with Gasteiger partial charge in [0.2, 0.25) is 10.0 Å². The molecule has 0 fully saturated rings. The van der Waals surface area contributed by atoms with Crippen molar-refractivity contribution in [1.29, 1.82) is 5.26 Å². The van der Waals surface area contributed by atoms with E-state index >= 15 is 0 Å². The fraction of sp³-hybridized carbons (Fsp3) is 0.267. The maximum atomic E-state index is 12.3. The molecule has 110 valence electrons. The summed E-state index contributed by atoms with van der Waals surface area (Å²) in [5.74, 6) is 0. The van der Waals surface area contributed by atoms with Crippen molar-refractivity contribution in [3.63, 3.8) is 0 Å². The van der Waals surface area contributed by atoms with Crippen LogP contribution in [0, 0.1) is 18.3 Å². The zero-order valence-corrected chi connectivity index (χ0v) is 13.5. The van der Waals surface area contributed by atoms with Crippen LogP contribution in [0.5, 0.6) is 0 Å². The molecule has 0 amide bonds. The maximum absolute atomic E-state index is 12.3. The van der Waals surface area contributed by atoms with Crippen molar-refractivity contribution in [2.75, 3.05) is 0 Å². The summed E-state index contributed by atoms with van der Waals surface area (Å²) in [5, 5.41) is 12.9. The molecule has 1 aromatic carbocycles. The molecule has 0 aliphatic heterocycles. The zero-order valence-electron chi connectivity index (χ0n) is 11.8. The Morgan fingerprint density at radius 1 is 1.38 bits per heavy atom. The fourth-order valence-electron chi connectivity index (χ4n) is 2.07. The third-order valence-corrected chi connectivity index (χ3v) is 5.43. The first-order valence-electron chi connectivity index (χ1n) is 6.46. The number of nitrogens with zero attached hydrogens (tertiary/aromatic N) is 1. The summed E-state index contributed by atoms with van der Waals surface area (Å²) in [5.41, 5.74) is 2.26. The first-order valence-corrected chi connectivity index (χ1v) is 8.89. The van der Waals surface area contributed by atoms with Crippen LogP contribution in [0.4, 0.5) is 0 Å². The van der Waals surface area contributed by atoms with Gasteiger partial charge in [-0.2, -0.15) is 16.6 Å². The highest BCUT2D eigenvalue weighted by atomic mass is 32.2. The van der Waals surface area contributed by atoms with Crippen LogP contribution in [-0.4, -0.2) is 14.5 Å². The predicted octanol–water partition coefficient (Wildman–Crippen LogP) is 2.84. The number of hydrogen-bond acceptors (Lipinski definition) is 4. The number of nitrogens with one attached hydrogen (secondary N) is 1.